The Morgan fingerprint density at radius 2 is 2.00 bits per heavy atom. The largest absolute Gasteiger partial charge is 0.478 e. The van der Waals surface area contributed by atoms with Crippen LogP contribution in [0.4, 0.5) is 5.69 Å². The zero-order chi connectivity index (χ0) is 11.8. The molecule has 0 atom stereocenters. The van der Waals surface area contributed by atoms with Gasteiger partial charge in [0.1, 0.15) is 0 Å². The standard InChI is InChI=1S/C7H7NO2.C4H10OSi/c8-6-3-1-5(2-4-6)7(9)10;1-2-4-6-5-3-1/h1-4H,8H2,(H,9,10);1-4,6H2. The second kappa shape index (κ2) is 7.03. The zero-order valence-corrected chi connectivity index (χ0v) is 10.6. The number of carboxylic acid groups (broad SMARTS) is 1. The summed E-state index contributed by atoms with van der Waals surface area (Å²) < 4.78 is 5.21. The van der Waals surface area contributed by atoms with Gasteiger partial charge in [0.15, 0.2) is 9.76 Å². The van der Waals surface area contributed by atoms with E-state index in [2.05, 4.69) is 0 Å². The minimum absolute atomic E-state index is 0.00849. The molecule has 16 heavy (non-hydrogen) atoms. The van der Waals surface area contributed by atoms with Gasteiger partial charge < -0.3 is 15.3 Å². The first-order chi connectivity index (χ1) is 7.70. The molecule has 1 aromatic rings. The van der Waals surface area contributed by atoms with Crippen molar-refractivity contribution in [1.29, 1.82) is 0 Å². The third-order valence-electron chi connectivity index (χ3n) is 2.23. The Balaban J connectivity index is 0.000000181. The van der Waals surface area contributed by atoms with E-state index in [1.165, 1.54) is 31.0 Å². The lowest BCUT2D eigenvalue weighted by atomic mass is 10.2. The summed E-state index contributed by atoms with van der Waals surface area (Å²) in [6, 6.07) is 7.47. The zero-order valence-electron chi connectivity index (χ0n) is 9.19. The van der Waals surface area contributed by atoms with Crippen LogP contribution in [0.3, 0.4) is 0 Å². The van der Waals surface area contributed by atoms with Gasteiger partial charge in [-0.25, -0.2) is 4.79 Å². The average Bonchev–Trinajstić information content (AvgIpc) is 2.32. The lowest BCUT2D eigenvalue weighted by Gasteiger charge is -2.07. The van der Waals surface area contributed by atoms with Crippen molar-refractivity contribution in [3.05, 3.63) is 29.8 Å². The number of rotatable bonds is 1. The predicted octanol–water partition coefficient (Wildman–Crippen LogP) is 1.27. The molecule has 88 valence electrons. The lowest BCUT2D eigenvalue weighted by molar-refractivity contribution is 0.0697. The van der Waals surface area contributed by atoms with Gasteiger partial charge in [0.25, 0.3) is 0 Å². The van der Waals surface area contributed by atoms with Crippen LogP contribution in [0, 0.1) is 0 Å². The topological polar surface area (TPSA) is 72.5 Å². The van der Waals surface area contributed by atoms with Crippen LogP contribution in [0.2, 0.25) is 6.04 Å². The fourth-order valence-corrected chi connectivity index (χ4v) is 2.48. The van der Waals surface area contributed by atoms with Gasteiger partial charge in [-0.05, 0) is 36.7 Å². The Bertz CT molecular complexity index is 311. The van der Waals surface area contributed by atoms with E-state index in [-0.39, 0.29) is 15.3 Å². The quantitative estimate of drug-likeness (QED) is 0.572. The lowest BCUT2D eigenvalue weighted by Crippen LogP contribution is -2.06. The van der Waals surface area contributed by atoms with E-state index in [9.17, 15) is 4.79 Å². The van der Waals surface area contributed by atoms with Crippen LogP contribution in [0.15, 0.2) is 24.3 Å². The number of nitrogens with two attached hydrogens (primary N) is 1. The molecule has 1 fully saturated rings. The fourth-order valence-electron chi connectivity index (χ4n) is 1.31. The molecule has 4 nitrogen and oxygen atoms in total. The normalized spacial score (nSPS) is 16.2. The molecule has 1 heterocycles. The smallest absolute Gasteiger partial charge is 0.335 e. The molecule has 1 saturated heterocycles. The van der Waals surface area contributed by atoms with Gasteiger partial charge >= 0.3 is 5.97 Å². The average molecular weight is 239 g/mol. The highest BCUT2D eigenvalue weighted by Crippen LogP contribution is 2.04. The van der Waals surface area contributed by atoms with Gasteiger partial charge in [-0.15, -0.1) is 0 Å². The van der Waals surface area contributed by atoms with Crippen molar-refractivity contribution in [2.24, 2.45) is 0 Å². The van der Waals surface area contributed by atoms with Crippen molar-refractivity contribution in [1.82, 2.24) is 0 Å². The molecule has 2 rings (SSSR count). The summed E-state index contributed by atoms with van der Waals surface area (Å²) in [6.45, 7) is 1.06. The van der Waals surface area contributed by atoms with E-state index in [1.54, 1.807) is 12.1 Å². The van der Waals surface area contributed by atoms with Gasteiger partial charge in [0.2, 0.25) is 0 Å². The van der Waals surface area contributed by atoms with Gasteiger partial charge in [0, 0.05) is 12.3 Å². The third-order valence-corrected chi connectivity index (χ3v) is 3.60. The van der Waals surface area contributed by atoms with Crippen LogP contribution in [-0.4, -0.2) is 27.4 Å². The number of benzene rings is 1. The minimum Gasteiger partial charge on any atom is -0.478 e. The Morgan fingerprint density at radius 3 is 2.31 bits per heavy atom. The fraction of sp³-hybridized carbons (Fsp3) is 0.364. The molecular weight excluding hydrogens is 222 g/mol. The van der Waals surface area contributed by atoms with Crippen molar-refractivity contribution >= 4 is 21.4 Å². The Morgan fingerprint density at radius 1 is 1.31 bits per heavy atom. The maximum atomic E-state index is 10.3. The highest BCUT2D eigenvalue weighted by atomic mass is 28.2. The third kappa shape index (κ3) is 4.95. The summed E-state index contributed by atoms with van der Waals surface area (Å²) in [6.07, 6.45) is 2.75. The maximum absolute atomic E-state index is 10.3. The molecule has 0 spiro atoms. The molecule has 0 unspecified atom stereocenters. The van der Waals surface area contributed by atoms with Crippen LogP contribution in [0.1, 0.15) is 23.2 Å². The van der Waals surface area contributed by atoms with E-state index in [0.29, 0.717) is 5.69 Å². The molecule has 0 aromatic heterocycles. The number of aromatic carboxylic acids is 1. The summed E-state index contributed by atoms with van der Waals surface area (Å²) in [5.41, 5.74) is 6.17. The first-order valence-electron chi connectivity index (χ1n) is 5.37. The molecule has 5 heteroatoms. The molecular formula is C11H17NO3Si. The van der Waals surface area contributed by atoms with Crippen LogP contribution in [0.5, 0.6) is 0 Å². The van der Waals surface area contributed by atoms with Crippen LogP contribution in [-0.2, 0) is 4.43 Å². The van der Waals surface area contributed by atoms with E-state index < -0.39 is 5.97 Å². The van der Waals surface area contributed by atoms with Crippen molar-refractivity contribution in [2.75, 3.05) is 12.3 Å². The van der Waals surface area contributed by atoms with Gasteiger partial charge in [-0.2, -0.15) is 0 Å². The summed E-state index contributed by atoms with van der Waals surface area (Å²) in [4.78, 5) is 10.3. The van der Waals surface area contributed by atoms with Crippen molar-refractivity contribution in [3.63, 3.8) is 0 Å². The number of anilines is 1. The highest BCUT2D eigenvalue weighted by molar-refractivity contribution is 6.27. The number of carboxylic acids is 1. The first kappa shape index (κ1) is 12.7. The Kier molecular flexibility index (Phi) is 5.59. The van der Waals surface area contributed by atoms with Gasteiger partial charge in [-0.3, -0.25) is 0 Å². The van der Waals surface area contributed by atoms with Crippen LogP contribution >= 0.6 is 0 Å². The molecule has 3 N–H and O–H groups in total. The molecule has 0 amide bonds. The molecule has 0 aliphatic carbocycles. The number of hydrogen-bond donors (Lipinski definition) is 2. The van der Waals surface area contributed by atoms with Crippen molar-refractivity contribution in [3.8, 4) is 0 Å². The van der Waals surface area contributed by atoms with E-state index in [1.807, 2.05) is 0 Å². The molecule has 0 saturated carbocycles. The minimum atomic E-state index is -0.931. The van der Waals surface area contributed by atoms with Gasteiger partial charge in [-0.1, -0.05) is 6.42 Å². The predicted molar refractivity (Wildman–Crippen MR) is 66.4 cm³/mol. The molecule has 1 aromatic carbocycles. The van der Waals surface area contributed by atoms with Crippen LogP contribution in [0.25, 0.3) is 0 Å². The number of hydrogen-bond acceptors (Lipinski definition) is 3. The van der Waals surface area contributed by atoms with Crippen molar-refractivity contribution in [2.45, 2.75) is 18.9 Å². The summed E-state index contributed by atoms with van der Waals surface area (Å²) in [5.74, 6) is -0.931. The Hall–Kier alpha value is -1.33. The molecule has 1 aliphatic rings. The SMILES string of the molecule is C1CC[SiH2]OC1.Nc1ccc(C(=O)O)cc1. The summed E-state index contributed by atoms with van der Waals surface area (Å²) >= 11 is 0. The molecule has 1 aliphatic heterocycles. The second-order valence-electron chi connectivity index (χ2n) is 3.60. The van der Waals surface area contributed by atoms with E-state index in [0.717, 1.165) is 6.61 Å². The molecule has 0 radical (unpaired) electrons. The van der Waals surface area contributed by atoms with Gasteiger partial charge in [0.05, 0.1) is 5.56 Å². The second-order valence-corrected chi connectivity index (χ2v) is 5.12. The van der Waals surface area contributed by atoms with Crippen LogP contribution < -0.4 is 5.73 Å². The molecule has 0 bridgehead atoms. The first-order valence-corrected chi connectivity index (χ1v) is 6.94. The monoisotopic (exact) mass is 239 g/mol. The number of carbonyl (C=O) groups is 1. The highest BCUT2D eigenvalue weighted by Gasteiger charge is 1.98. The summed E-state index contributed by atoms with van der Waals surface area (Å²) in [5, 5.41) is 8.43. The van der Waals surface area contributed by atoms with E-state index >= 15 is 0 Å². The number of nitrogen functional groups attached to an aromatic ring is 1. The Labute approximate surface area is 97.4 Å². The van der Waals surface area contributed by atoms with E-state index in [4.69, 9.17) is 15.3 Å². The summed E-state index contributed by atoms with van der Waals surface area (Å²) in [7, 11) is 0.00849. The maximum Gasteiger partial charge on any atom is 0.335 e. The van der Waals surface area contributed by atoms with Crippen molar-refractivity contribution < 1.29 is 14.3 Å².